The zero-order valence-corrected chi connectivity index (χ0v) is 14.3. The van der Waals surface area contributed by atoms with Crippen LogP contribution in [0.4, 0.5) is 0 Å². The third-order valence-corrected chi connectivity index (χ3v) is 4.87. The number of ether oxygens (including phenoxy) is 1. The lowest BCUT2D eigenvalue weighted by molar-refractivity contribution is -0.148. The molecule has 1 aromatic rings. The summed E-state index contributed by atoms with van der Waals surface area (Å²) < 4.78 is 5.84. The molecule has 22 heavy (non-hydrogen) atoms. The lowest BCUT2D eigenvalue weighted by atomic mass is 9.75. The highest BCUT2D eigenvalue weighted by Crippen LogP contribution is 2.36. The van der Waals surface area contributed by atoms with Crippen molar-refractivity contribution in [3.63, 3.8) is 0 Å². The van der Waals surface area contributed by atoms with Crippen molar-refractivity contribution in [2.45, 2.75) is 53.1 Å². The van der Waals surface area contributed by atoms with Crippen LogP contribution in [0.15, 0.2) is 30.8 Å². The Morgan fingerprint density at radius 2 is 1.86 bits per heavy atom. The Hall–Kier alpha value is -1.57. The molecule has 1 saturated carbocycles. The zero-order chi connectivity index (χ0) is 16.3. The van der Waals surface area contributed by atoms with Gasteiger partial charge in [-0.1, -0.05) is 63.6 Å². The SMILES string of the molecule is C=C(C(=O)O[C@@H]1C[C@H](C)CC[C@H]1C(C)C)c1ccc(C)cc1. The summed E-state index contributed by atoms with van der Waals surface area (Å²) >= 11 is 0. The van der Waals surface area contributed by atoms with Gasteiger partial charge in [-0.25, -0.2) is 4.79 Å². The van der Waals surface area contributed by atoms with Crippen LogP contribution < -0.4 is 0 Å². The van der Waals surface area contributed by atoms with Crippen LogP contribution in [0.1, 0.15) is 51.2 Å². The van der Waals surface area contributed by atoms with E-state index in [0.29, 0.717) is 23.3 Å². The molecule has 0 amide bonds. The van der Waals surface area contributed by atoms with Crippen molar-refractivity contribution < 1.29 is 9.53 Å². The highest BCUT2D eigenvalue weighted by Gasteiger charge is 2.33. The van der Waals surface area contributed by atoms with Gasteiger partial charge in [0.05, 0.1) is 5.57 Å². The van der Waals surface area contributed by atoms with Gasteiger partial charge in [0.2, 0.25) is 0 Å². The van der Waals surface area contributed by atoms with Crippen LogP contribution in [-0.2, 0) is 9.53 Å². The van der Waals surface area contributed by atoms with Crippen LogP contribution in [0, 0.1) is 24.7 Å². The molecule has 2 heteroatoms. The van der Waals surface area contributed by atoms with Gasteiger partial charge in [0, 0.05) is 0 Å². The fourth-order valence-electron chi connectivity index (χ4n) is 3.33. The molecule has 0 spiro atoms. The molecule has 1 fully saturated rings. The third kappa shape index (κ3) is 4.00. The van der Waals surface area contributed by atoms with Crippen molar-refractivity contribution in [2.24, 2.45) is 17.8 Å². The van der Waals surface area contributed by atoms with E-state index >= 15 is 0 Å². The van der Waals surface area contributed by atoms with Gasteiger partial charge in [-0.15, -0.1) is 0 Å². The van der Waals surface area contributed by atoms with E-state index in [1.807, 2.05) is 31.2 Å². The minimum Gasteiger partial charge on any atom is -0.458 e. The zero-order valence-electron chi connectivity index (χ0n) is 14.3. The summed E-state index contributed by atoms with van der Waals surface area (Å²) in [5.74, 6) is 1.36. The highest BCUT2D eigenvalue weighted by atomic mass is 16.5. The lowest BCUT2D eigenvalue weighted by Crippen LogP contribution is -2.36. The predicted molar refractivity (Wildman–Crippen MR) is 91.4 cm³/mol. The molecule has 0 aromatic heterocycles. The Labute approximate surface area is 134 Å². The molecule has 0 aliphatic heterocycles. The Morgan fingerprint density at radius 1 is 1.23 bits per heavy atom. The van der Waals surface area contributed by atoms with Gasteiger partial charge in [0.15, 0.2) is 0 Å². The second kappa shape index (κ2) is 7.13. The Balaban J connectivity index is 2.05. The second-order valence-electron chi connectivity index (χ2n) is 7.11. The van der Waals surface area contributed by atoms with Crippen molar-refractivity contribution >= 4 is 11.5 Å². The number of hydrogen-bond donors (Lipinski definition) is 0. The van der Waals surface area contributed by atoms with E-state index < -0.39 is 0 Å². The molecule has 1 aromatic carbocycles. The summed E-state index contributed by atoms with van der Waals surface area (Å²) in [6.45, 7) is 12.6. The molecule has 2 rings (SSSR count). The standard InChI is InChI=1S/C20H28O2/c1-13(2)18-11-8-15(4)12-19(18)22-20(21)16(5)17-9-6-14(3)7-10-17/h6-7,9-10,13,15,18-19H,5,8,11-12H2,1-4H3/t15-,18+,19-/m1/s1. The Morgan fingerprint density at radius 3 is 2.45 bits per heavy atom. The molecule has 1 aliphatic rings. The average molecular weight is 300 g/mol. The molecule has 0 saturated heterocycles. The first kappa shape index (κ1) is 16.8. The molecule has 3 atom stereocenters. The largest absolute Gasteiger partial charge is 0.458 e. The first-order valence-corrected chi connectivity index (χ1v) is 8.35. The van der Waals surface area contributed by atoms with Crippen LogP contribution in [-0.4, -0.2) is 12.1 Å². The molecule has 0 radical (unpaired) electrons. The van der Waals surface area contributed by atoms with Crippen molar-refractivity contribution in [2.75, 3.05) is 0 Å². The molecule has 0 bridgehead atoms. The molecular weight excluding hydrogens is 272 g/mol. The normalized spacial score (nSPS) is 25.0. The van der Waals surface area contributed by atoms with Crippen LogP contribution in [0.25, 0.3) is 5.57 Å². The van der Waals surface area contributed by atoms with Gasteiger partial charge in [0.1, 0.15) is 6.10 Å². The fourth-order valence-corrected chi connectivity index (χ4v) is 3.33. The highest BCUT2D eigenvalue weighted by molar-refractivity contribution is 6.15. The third-order valence-electron chi connectivity index (χ3n) is 4.87. The Kier molecular flexibility index (Phi) is 5.44. The first-order valence-electron chi connectivity index (χ1n) is 8.35. The average Bonchev–Trinajstić information content (AvgIpc) is 2.47. The number of hydrogen-bond acceptors (Lipinski definition) is 2. The molecule has 0 N–H and O–H groups in total. The number of carbonyl (C=O) groups is 1. The van der Waals surface area contributed by atoms with Crippen LogP contribution in [0.2, 0.25) is 0 Å². The van der Waals surface area contributed by atoms with Gasteiger partial charge >= 0.3 is 5.97 Å². The molecular formula is C20H28O2. The van der Waals surface area contributed by atoms with Crippen LogP contribution >= 0.6 is 0 Å². The second-order valence-corrected chi connectivity index (χ2v) is 7.11. The van der Waals surface area contributed by atoms with E-state index in [1.54, 1.807) is 0 Å². The van der Waals surface area contributed by atoms with Crippen LogP contribution in [0.3, 0.4) is 0 Å². The number of benzene rings is 1. The summed E-state index contributed by atoms with van der Waals surface area (Å²) in [5, 5.41) is 0. The van der Waals surface area contributed by atoms with Gasteiger partial charge in [-0.05, 0) is 43.1 Å². The minimum absolute atomic E-state index is 0.0263. The van der Waals surface area contributed by atoms with E-state index in [1.165, 1.54) is 12.0 Å². The Bertz CT molecular complexity index is 527. The van der Waals surface area contributed by atoms with E-state index in [9.17, 15) is 4.79 Å². The summed E-state index contributed by atoms with van der Waals surface area (Å²) in [6, 6.07) is 7.85. The van der Waals surface area contributed by atoms with Gasteiger partial charge in [0.25, 0.3) is 0 Å². The maximum absolute atomic E-state index is 12.4. The molecule has 2 nitrogen and oxygen atoms in total. The summed E-state index contributed by atoms with van der Waals surface area (Å²) in [5.41, 5.74) is 2.48. The van der Waals surface area contributed by atoms with Crippen molar-refractivity contribution in [3.8, 4) is 0 Å². The fraction of sp³-hybridized carbons (Fsp3) is 0.550. The minimum atomic E-state index is -0.270. The summed E-state index contributed by atoms with van der Waals surface area (Å²) in [7, 11) is 0. The lowest BCUT2D eigenvalue weighted by Gasteiger charge is -2.36. The quantitative estimate of drug-likeness (QED) is 0.577. The first-order chi connectivity index (χ1) is 10.4. The number of rotatable bonds is 4. The van der Waals surface area contributed by atoms with E-state index in [-0.39, 0.29) is 12.1 Å². The van der Waals surface area contributed by atoms with Gasteiger partial charge in [-0.3, -0.25) is 0 Å². The topological polar surface area (TPSA) is 26.3 Å². The molecule has 0 heterocycles. The van der Waals surface area contributed by atoms with E-state index in [2.05, 4.69) is 27.4 Å². The smallest absolute Gasteiger partial charge is 0.338 e. The number of aryl methyl sites for hydroxylation is 1. The number of esters is 1. The predicted octanol–water partition coefficient (Wildman–Crippen LogP) is 5.01. The van der Waals surface area contributed by atoms with Gasteiger partial charge < -0.3 is 4.74 Å². The maximum Gasteiger partial charge on any atom is 0.338 e. The van der Waals surface area contributed by atoms with Gasteiger partial charge in [-0.2, -0.15) is 0 Å². The van der Waals surface area contributed by atoms with Crippen LogP contribution in [0.5, 0.6) is 0 Å². The summed E-state index contributed by atoms with van der Waals surface area (Å²) in [6.07, 6.45) is 3.37. The van der Waals surface area contributed by atoms with Crippen molar-refractivity contribution in [1.82, 2.24) is 0 Å². The van der Waals surface area contributed by atoms with E-state index in [4.69, 9.17) is 4.74 Å². The van der Waals surface area contributed by atoms with Crippen molar-refractivity contribution in [1.29, 1.82) is 0 Å². The molecule has 120 valence electrons. The summed E-state index contributed by atoms with van der Waals surface area (Å²) in [4.78, 5) is 12.4. The van der Waals surface area contributed by atoms with Crippen molar-refractivity contribution in [3.05, 3.63) is 42.0 Å². The maximum atomic E-state index is 12.4. The van der Waals surface area contributed by atoms with E-state index in [0.717, 1.165) is 18.4 Å². The monoisotopic (exact) mass is 300 g/mol. The molecule has 1 aliphatic carbocycles. The number of carbonyl (C=O) groups excluding carboxylic acids is 1. The molecule has 0 unspecified atom stereocenters.